The van der Waals surface area contributed by atoms with E-state index < -0.39 is 23.0 Å². The summed E-state index contributed by atoms with van der Waals surface area (Å²) >= 11 is 3.35. The standard InChI is InChI=1S/C18H23BrO4/c1-6-12-18(15(20)22-7-2,16(21)23-17(3,4)5)13-8-10-14(19)11-9-13/h6,8-11H,1,7,12H2,2-5H3. The van der Waals surface area contributed by atoms with Crippen molar-refractivity contribution < 1.29 is 19.1 Å². The third-order valence-electron chi connectivity index (χ3n) is 3.16. The molecule has 0 aliphatic heterocycles. The number of hydrogen-bond acceptors (Lipinski definition) is 4. The molecule has 1 aromatic carbocycles. The molecule has 0 radical (unpaired) electrons. The molecule has 0 saturated carbocycles. The first-order valence-electron chi connectivity index (χ1n) is 7.45. The predicted octanol–water partition coefficient (Wildman–Crippen LogP) is 4.17. The van der Waals surface area contributed by atoms with Crippen LogP contribution >= 0.6 is 15.9 Å². The number of carbonyl (C=O) groups is 2. The van der Waals surface area contributed by atoms with Gasteiger partial charge < -0.3 is 9.47 Å². The van der Waals surface area contributed by atoms with Crippen LogP contribution in [0.4, 0.5) is 0 Å². The summed E-state index contributed by atoms with van der Waals surface area (Å²) in [5.74, 6) is -1.26. The lowest BCUT2D eigenvalue weighted by Gasteiger charge is -2.32. The first kappa shape index (κ1) is 19.4. The van der Waals surface area contributed by atoms with Gasteiger partial charge in [0.25, 0.3) is 0 Å². The maximum atomic E-state index is 12.9. The Hall–Kier alpha value is -1.62. The van der Waals surface area contributed by atoms with Crippen LogP contribution in [0.1, 0.15) is 39.7 Å². The Balaban J connectivity index is 3.47. The maximum Gasteiger partial charge on any atom is 0.328 e. The van der Waals surface area contributed by atoms with Gasteiger partial charge in [-0.05, 0) is 51.8 Å². The Morgan fingerprint density at radius 1 is 1.17 bits per heavy atom. The van der Waals surface area contributed by atoms with E-state index in [1.165, 1.54) is 6.08 Å². The van der Waals surface area contributed by atoms with E-state index in [2.05, 4.69) is 22.5 Å². The fourth-order valence-corrected chi connectivity index (χ4v) is 2.44. The molecular formula is C18H23BrO4. The lowest BCUT2D eigenvalue weighted by Crippen LogP contribution is -2.48. The van der Waals surface area contributed by atoms with Crippen molar-refractivity contribution in [2.45, 2.75) is 45.1 Å². The van der Waals surface area contributed by atoms with E-state index in [9.17, 15) is 9.59 Å². The average molecular weight is 383 g/mol. The van der Waals surface area contributed by atoms with Crippen LogP contribution in [0.15, 0.2) is 41.4 Å². The van der Waals surface area contributed by atoms with Crippen LogP contribution in [0.5, 0.6) is 0 Å². The van der Waals surface area contributed by atoms with Crippen molar-refractivity contribution in [2.24, 2.45) is 0 Å². The van der Waals surface area contributed by atoms with E-state index in [0.717, 1.165) is 4.47 Å². The highest BCUT2D eigenvalue weighted by Gasteiger charge is 2.50. The van der Waals surface area contributed by atoms with Gasteiger partial charge in [0.1, 0.15) is 5.60 Å². The van der Waals surface area contributed by atoms with Gasteiger partial charge in [0.15, 0.2) is 5.41 Å². The fraction of sp³-hybridized carbons (Fsp3) is 0.444. The minimum absolute atomic E-state index is 0.0996. The van der Waals surface area contributed by atoms with E-state index >= 15 is 0 Å². The normalized spacial score (nSPS) is 13.8. The highest BCUT2D eigenvalue weighted by Crippen LogP contribution is 2.34. The van der Waals surface area contributed by atoms with Crippen LogP contribution in [0.3, 0.4) is 0 Å². The van der Waals surface area contributed by atoms with Crippen molar-refractivity contribution in [3.05, 3.63) is 47.0 Å². The highest BCUT2D eigenvalue weighted by atomic mass is 79.9. The number of allylic oxidation sites excluding steroid dienone is 1. The molecule has 0 heterocycles. The van der Waals surface area contributed by atoms with E-state index in [0.29, 0.717) is 5.56 Å². The smallest absolute Gasteiger partial charge is 0.328 e. The summed E-state index contributed by atoms with van der Waals surface area (Å²) in [6.07, 6.45) is 1.63. The van der Waals surface area contributed by atoms with Gasteiger partial charge in [0, 0.05) is 4.47 Å². The van der Waals surface area contributed by atoms with Crippen molar-refractivity contribution >= 4 is 27.9 Å². The number of hydrogen-bond donors (Lipinski definition) is 0. The van der Waals surface area contributed by atoms with Crippen molar-refractivity contribution in [2.75, 3.05) is 6.61 Å². The summed E-state index contributed by atoms with van der Waals surface area (Å²) in [5, 5.41) is 0. The van der Waals surface area contributed by atoms with Crippen molar-refractivity contribution in [1.82, 2.24) is 0 Å². The Morgan fingerprint density at radius 3 is 2.17 bits per heavy atom. The Bertz CT molecular complexity index is 572. The molecule has 4 nitrogen and oxygen atoms in total. The number of esters is 2. The van der Waals surface area contributed by atoms with Crippen LogP contribution in [-0.2, 0) is 24.5 Å². The molecule has 1 unspecified atom stereocenters. The Labute approximate surface area is 146 Å². The zero-order chi connectivity index (χ0) is 17.7. The molecule has 0 saturated heterocycles. The quantitative estimate of drug-likeness (QED) is 0.420. The van der Waals surface area contributed by atoms with E-state index in [-0.39, 0.29) is 13.0 Å². The molecule has 126 valence electrons. The monoisotopic (exact) mass is 382 g/mol. The largest absolute Gasteiger partial charge is 0.465 e. The van der Waals surface area contributed by atoms with Crippen LogP contribution < -0.4 is 0 Å². The van der Waals surface area contributed by atoms with Gasteiger partial charge >= 0.3 is 11.9 Å². The molecule has 0 bridgehead atoms. The summed E-state index contributed by atoms with van der Waals surface area (Å²) in [7, 11) is 0. The van der Waals surface area contributed by atoms with E-state index in [4.69, 9.17) is 9.47 Å². The van der Waals surface area contributed by atoms with Crippen molar-refractivity contribution in [1.29, 1.82) is 0 Å². The molecule has 23 heavy (non-hydrogen) atoms. The molecule has 0 aliphatic rings. The van der Waals surface area contributed by atoms with Crippen LogP contribution in [-0.4, -0.2) is 24.1 Å². The van der Waals surface area contributed by atoms with E-state index in [1.807, 2.05) is 0 Å². The van der Waals surface area contributed by atoms with Crippen molar-refractivity contribution in [3.8, 4) is 0 Å². The summed E-state index contributed by atoms with van der Waals surface area (Å²) in [5.41, 5.74) is -1.75. The fourth-order valence-electron chi connectivity index (χ4n) is 2.17. The van der Waals surface area contributed by atoms with Crippen LogP contribution in [0.25, 0.3) is 0 Å². The number of carbonyl (C=O) groups excluding carboxylic acids is 2. The predicted molar refractivity (Wildman–Crippen MR) is 93.1 cm³/mol. The lowest BCUT2D eigenvalue weighted by molar-refractivity contribution is -0.172. The number of rotatable bonds is 6. The second-order valence-corrected chi connectivity index (χ2v) is 7.04. The Kier molecular flexibility index (Phi) is 6.57. The second kappa shape index (κ2) is 7.77. The molecule has 1 rings (SSSR count). The zero-order valence-corrected chi connectivity index (χ0v) is 15.6. The van der Waals surface area contributed by atoms with Gasteiger partial charge in [-0.2, -0.15) is 0 Å². The first-order valence-corrected chi connectivity index (χ1v) is 8.24. The van der Waals surface area contributed by atoms with Crippen LogP contribution in [0, 0.1) is 0 Å². The number of halogens is 1. The van der Waals surface area contributed by atoms with Crippen LogP contribution in [0.2, 0.25) is 0 Å². The number of ether oxygens (including phenoxy) is 2. The van der Waals surface area contributed by atoms with Crippen molar-refractivity contribution in [3.63, 3.8) is 0 Å². The van der Waals surface area contributed by atoms with Gasteiger partial charge in [-0.3, -0.25) is 9.59 Å². The first-order chi connectivity index (χ1) is 10.7. The highest BCUT2D eigenvalue weighted by molar-refractivity contribution is 9.10. The van der Waals surface area contributed by atoms with Gasteiger partial charge in [0.2, 0.25) is 0 Å². The average Bonchev–Trinajstić information content (AvgIpc) is 2.44. The summed E-state index contributed by atoms with van der Waals surface area (Å²) < 4.78 is 11.5. The molecule has 1 atom stereocenters. The third-order valence-corrected chi connectivity index (χ3v) is 3.69. The molecule has 0 N–H and O–H groups in total. The molecule has 0 aromatic heterocycles. The molecule has 0 spiro atoms. The summed E-state index contributed by atoms with van der Waals surface area (Å²) in [6, 6.07) is 6.98. The zero-order valence-electron chi connectivity index (χ0n) is 14.0. The maximum absolute atomic E-state index is 12.9. The molecule has 0 aliphatic carbocycles. The Morgan fingerprint density at radius 2 is 1.74 bits per heavy atom. The molecule has 0 fully saturated rings. The minimum Gasteiger partial charge on any atom is -0.465 e. The minimum atomic E-state index is -1.55. The lowest BCUT2D eigenvalue weighted by atomic mass is 9.77. The summed E-state index contributed by atoms with van der Waals surface area (Å²) in [6.45, 7) is 10.8. The molecular weight excluding hydrogens is 360 g/mol. The molecule has 0 amide bonds. The van der Waals surface area contributed by atoms with Gasteiger partial charge in [-0.1, -0.05) is 34.1 Å². The number of benzene rings is 1. The molecule has 1 aromatic rings. The summed E-state index contributed by atoms with van der Waals surface area (Å²) in [4.78, 5) is 25.6. The van der Waals surface area contributed by atoms with Gasteiger partial charge in [-0.25, -0.2) is 0 Å². The molecule has 5 heteroatoms. The van der Waals surface area contributed by atoms with Gasteiger partial charge in [-0.15, -0.1) is 6.58 Å². The third kappa shape index (κ3) is 4.67. The SMILES string of the molecule is C=CCC(C(=O)OCC)(C(=O)OC(C)(C)C)c1ccc(Br)cc1. The topological polar surface area (TPSA) is 52.6 Å². The second-order valence-electron chi connectivity index (χ2n) is 6.13. The van der Waals surface area contributed by atoms with Gasteiger partial charge in [0.05, 0.1) is 6.61 Å². The van der Waals surface area contributed by atoms with E-state index in [1.54, 1.807) is 52.0 Å².